The summed E-state index contributed by atoms with van der Waals surface area (Å²) in [5.41, 5.74) is 0.951. The molecule has 1 heterocycles. The van der Waals surface area contributed by atoms with E-state index < -0.39 is 5.69 Å². The van der Waals surface area contributed by atoms with Gasteiger partial charge >= 0.3 is 5.69 Å². The van der Waals surface area contributed by atoms with E-state index in [-0.39, 0.29) is 5.56 Å². The number of aromatic nitrogens is 2. The molecule has 2 aromatic rings. The van der Waals surface area contributed by atoms with Gasteiger partial charge in [-0.05, 0) is 18.6 Å². The van der Waals surface area contributed by atoms with Gasteiger partial charge in [0.2, 0.25) is 0 Å². The van der Waals surface area contributed by atoms with E-state index in [4.69, 9.17) is 0 Å². The van der Waals surface area contributed by atoms with Crippen molar-refractivity contribution in [2.45, 2.75) is 20.8 Å². The van der Waals surface area contributed by atoms with Crippen LogP contribution >= 0.6 is 0 Å². The molecule has 0 spiro atoms. The van der Waals surface area contributed by atoms with Crippen LogP contribution in [0.1, 0.15) is 19.4 Å². The van der Waals surface area contributed by atoms with E-state index in [1.165, 1.54) is 16.8 Å². The van der Waals surface area contributed by atoms with Crippen LogP contribution in [0.25, 0.3) is 5.69 Å². The van der Waals surface area contributed by atoms with Gasteiger partial charge in [0.15, 0.2) is 0 Å². The molecule has 0 amide bonds. The second-order valence-electron chi connectivity index (χ2n) is 3.27. The van der Waals surface area contributed by atoms with Crippen LogP contribution in [0.3, 0.4) is 0 Å². The van der Waals surface area contributed by atoms with Crippen molar-refractivity contribution >= 4 is 0 Å². The molecule has 0 aliphatic carbocycles. The van der Waals surface area contributed by atoms with Crippen molar-refractivity contribution in [1.29, 1.82) is 0 Å². The molecular formula is C13H16N2O2. The van der Waals surface area contributed by atoms with Gasteiger partial charge in [-0.25, -0.2) is 4.79 Å². The molecule has 1 aromatic heterocycles. The summed E-state index contributed by atoms with van der Waals surface area (Å²) in [7, 11) is 0. The first kappa shape index (κ1) is 13.0. The number of benzene rings is 1. The van der Waals surface area contributed by atoms with Crippen LogP contribution in [0, 0.1) is 6.92 Å². The van der Waals surface area contributed by atoms with Crippen molar-refractivity contribution in [3.05, 3.63) is 62.9 Å². The molecule has 1 aromatic carbocycles. The van der Waals surface area contributed by atoms with E-state index in [2.05, 4.69) is 4.98 Å². The Morgan fingerprint density at radius 3 is 2.29 bits per heavy atom. The number of nitrogens with zero attached hydrogens (tertiary/aromatic N) is 1. The van der Waals surface area contributed by atoms with Crippen LogP contribution in [0.5, 0.6) is 0 Å². The van der Waals surface area contributed by atoms with Gasteiger partial charge in [0, 0.05) is 12.3 Å². The summed E-state index contributed by atoms with van der Waals surface area (Å²) in [5, 5.41) is 0. The molecule has 0 unspecified atom stereocenters. The number of aromatic amines is 1. The van der Waals surface area contributed by atoms with Crippen molar-refractivity contribution < 1.29 is 0 Å². The average molecular weight is 232 g/mol. The molecule has 0 atom stereocenters. The quantitative estimate of drug-likeness (QED) is 0.816. The van der Waals surface area contributed by atoms with E-state index in [1.54, 1.807) is 0 Å². The monoisotopic (exact) mass is 232 g/mol. The Bertz CT molecular complexity index is 597. The Kier molecular flexibility index (Phi) is 4.46. The third kappa shape index (κ3) is 2.93. The summed E-state index contributed by atoms with van der Waals surface area (Å²) >= 11 is 0. The van der Waals surface area contributed by atoms with Gasteiger partial charge in [-0.2, -0.15) is 0 Å². The molecule has 0 saturated heterocycles. The maximum absolute atomic E-state index is 11.5. The number of hydrogen-bond acceptors (Lipinski definition) is 2. The maximum Gasteiger partial charge on any atom is 0.332 e. The Hall–Kier alpha value is -2.10. The summed E-state index contributed by atoms with van der Waals surface area (Å²) in [6.45, 7) is 5.91. The second kappa shape index (κ2) is 5.84. The molecular weight excluding hydrogens is 216 g/mol. The minimum Gasteiger partial charge on any atom is -0.274 e. The van der Waals surface area contributed by atoms with E-state index >= 15 is 0 Å². The molecule has 1 N–H and O–H groups in total. The lowest BCUT2D eigenvalue weighted by atomic mass is 10.2. The fourth-order valence-corrected chi connectivity index (χ4v) is 1.44. The Labute approximate surface area is 99.6 Å². The summed E-state index contributed by atoms with van der Waals surface area (Å²) in [6.07, 6.45) is 1.48. The summed E-state index contributed by atoms with van der Waals surface area (Å²) < 4.78 is 1.41. The van der Waals surface area contributed by atoms with Gasteiger partial charge in [-0.1, -0.05) is 32.0 Å². The third-order valence-corrected chi connectivity index (χ3v) is 2.20. The largest absolute Gasteiger partial charge is 0.332 e. The van der Waals surface area contributed by atoms with Crippen molar-refractivity contribution in [3.8, 4) is 5.69 Å². The summed E-state index contributed by atoms with van der Waals surface area (Å²) in [5.74, 6) is 0. The topological polar surface area (TPSA) is 54.9 Å². The highest BCUT2D eigenvalue weighted by atomic mass is 16.2. The van der Waals surface area contributed by atoms with Gasteiger partial charge in [0.25, 0.3) is 5.56 Å². The van der Waals surface area contributed by atoms with Crippen LogP contribution in [0.4, 0.5) is 0 Å². The van der Waals surface area contributed by atoms with Gasteiger partial charge in [0.05, 0.1) is 5.69 Å². The first-order chi connectivity index (χ1) is 8.18. The zero-order valence-corrected chi connectivity index (χ0v) is 10.2. The molecule has 0 saturated carbocycles. The van der Waals surface area contributed by atoms with Crippen molar-refractivity contribution in [2.24, 2.45) is 0 Å². The minimum absolute atomic E-state index is 0.384. The highest BCUT2D eigenvalue weighted by molar-refractivity contribution is 5.39. The SMILES string of the molecule is CC.Cc1ccccc1-n1ccc(=O)[nH]c1=O. The van der Waals surface area contributed by atoms with Crippen LogP contribution in [0.15, 0.2) is 46.1 Å². The number of rotatable bonds is 1. The van der Waals surface area contributed by atoms with E-state index in [0.29, 0.717) is 0 Å². The summed E-state index contributed by atoms with van der Waals surface area (Å²) in [6, 6.07) is 8.81. The zero-order valence-electron chi connectivity index (χ0n) is 10.2. The lowest BCUT2D eigenvalue weighted by molar-refractivity contribution is 0.889. The lowest BCUT2D eigenvalue weighted by Gasteiger charge is -2.06. The van der Waals surface area contributed by atoms with Crippen LogP contribution in [-0.4, -0.2) is 9.55 Å². The molecule has 0 fully saturated rings. The molecule has 4 heteroatoms. The molecule has 17 heavy (non-hydrogen) atoms. The maximum atomic E-state index is 11.5. The number of H-pyrrole nitrogens is 1. The predicted octanol–water partition coefficient (Wildman–Crippen LogP) is 1.86. The van der Waals surface area contributed by atoms with Crippen LogP contribution in [0.2, 0.25) is 0 Å². The first-order valence-electron chi connectivity index (χ1n) is 5.56. The molecule has 0 radical (unpaired) electrons. The van der Waals surface area contributed by atoms with Gasteiger partial charge in [-0.15, -0.1) is 0 Å². The molecule has 4 nitrogen and oxygen atoms in total. The second-order valence-corrected chi connectivity index (χ2v) is 3.27. The number of aryl methyl sites for hydroxylation is 1. The Balaban J connectivity index is 0.000000686. The Morgan fingerprint density at radius 2 is 1.71 bits per heavy atom. The highest BCUT2D eigenvalue weighted by Crippen LogP contribution is 2.09. The van der Waals surface area contributed by atoms with Gasteiger partial charge in [-0.3, -0.25) is 14.3 Å². The zero-order chi connectivity index (χ0) is 12.8. The van der Waals surface area contributed by atoms with Gasteiger partial charge in [0.1, 0.15) is 0 Å². The van der Waals surface area contributed by atoms with Crippen LogP contribution < -0.4 is 11.2 Å². The molecule has 2 rings (SSSR count). The third-order valence-electron chi connectivity index (χ3n) is 2.20. The number of nitrogens with one attached hydrogen (secondary N) is 1. The average Bonchev–Trinajstić information content (AvgIpc) is 2.33. The van der Waals surface area contributed by atoms with Crippen molar-refractivity contribution in [1.82, 2.24) is 9.55 Å². The fraction of sp³-hybridized carbons (Fsp3) is 0.231. The minimum atomic E-state index is -0.420. The predicted molar refractivity (Wildman–Crippen MR) is 68.7 cm³/mol. The van der Waals surface area contributed by atoms with Crippen LogP contribution in [-0.2, 0) is 0 Å². The molecule has 0 bridgehead atoms. The lowest BCUT2D eigenvalue weighted by Crippen LogP contribution is -2.27. The smallest absolute Gasteiger partial charge is 0.274 e. The number of hydrogen-bond donors (Lipinski definition) is 1. The van der Waals surface area contributed by atoms with Crippen molar-refractivity contribution in [3.63, 3.8) is 0 Å². The first-order valence-corrected chi connectivity index (χ1v) is 5.56. The fourth-order valence-electron chi connectivity index (χ4n) is 1.44. The Morgan fingerprint density at radius 1 is 1.06 bits per heavy atom. The summed E-state index contributed by atoms with van der Waals surface area (Å²) in [4.78, 5) is 24.6. The van der Waals surface area contributed by atoms with E-state index in [0.717, 1.165) is 11.3 Å². The van der Waals surface area contributed by atoms with E-state index in [9.17, 15) is 9.59 Å². The van der Waals surface area contributed by atoms with Gasteiger partial charge < -0.3 is 0 Å². The number of para-hydroxylation sites is 1. The standard InChI is InChI=1S/C11H10N2O2.C2H6/c1-8-4-2-3-5-9(8)13-7-6-10(14)12-11(13)15;1-2/h2-7H,1H3,(H,12,14,15);1-2H3. The normalized spacial score (nSPS) is 9.35. The van der Waals surface area contributed by atoms with Crippen molar-refractivity contribution in [2.75, 3.05) is 0 Å². The molecule has 90 valence electrons. The highest BCUT2D eigenvalue weighted by Gasteiger charge is 2.01. The molecule has 0 aliphatic heterocycles. The van der Waals surface area contributed by atoms with E-state index in [1.807, 2.05) is 45.0 Å². The molecule has 0 aliphatic rings.